The summed E-state index contributed by atoms with van der Waals surface area (Å²) >= 11 is 0. The zero-order valence-corrected chi connectivity index (χ0v) is 5.17. The van der Waals surface area contributed by atoms with Gasteiger partial charge in [-0.1, -0.05) is 0 Å². The van der Waals surface area contributed by atoms with Gasteiger partial charge in [0.05, 0.1) is 6.10 Å². The van der Waals surface area contributed by atoms with E-state index in [9.17, 15) is 0 Å². The van der Waals surface area contributed by atoms with E-state index in [0.717, 1.165) is 0 Å². The molecule has 0 heterocycles. The predicted octanol–water partition coefficient (Wildman–Crippen LogP) is 0.104. The van der Waals surface area contributed by atoms with E-state index < -0.39 is 0 Å². The van der Waals surface area contributed by atoms with Crippen LogP contribution in [0.5, 0.6) is 0 Å². The third-order valence-corrected chi connectivity index (χ3v) is 1.72. The van der Waals surface area contributed by atoms with Crippen LogP contribution in [0.4, 0.5) is 0 Å². The van der Waals surface area contributed by atoms with Crippen molar-refractivity contribution < 1.29 is 5.11 Å². The van der Waals surface area contributed by atoms with Crippen LogP contribution in [-0.2, 0) is 0 Å². The molecule has 0 unspecified atom stereocenters. The first-order chi connectivity index (χ1) is 3.72. The fourth-order valence-electron chi connectivity index (χ4n) is 0.875. The molecule has 0 spiro atoms. The van der Waals surface area contributed by atoms with Crippen LogP contribution in [0.15, 0.2) is 0 Å². The molecular formula is C6H13NO. The van der Waals surface area contributed by atoms with Crippen molar-refractivity contribution in [2.45, 2.75) is 31.9 Å². The molecule has 1 saturated carbocycles. The Morgan fingerprint density at radius 1 is 1.62 bits per heavy atom. The topological polar surface area (TPSA) is 46.2 Å². The fourth-order valence-corrected chi connectivity index (χ4v) is 0.875. The molecular weight excluding hydrogens is 102 g/mol. The fraction of sp³-hybridized carbons (Fsp3) is 1.00. The van der Waals surface area contributed by atoms with Gasteiger partial charge >= 0.3 is 0 Å². The van der Waals surface area contributed by atoms with Crippen LogP contribution in [-0.4, -0.2) is 17.3 Å². The lowest BCUT2D eigenvalue weighted by atomic mass is 10.1. The standard InChI is InChI=1S/C6H13NO/c1-4(8)6(7)5-2-3-5/h4-6,8H,2-3,7H2,1H3/t4-,6+/m1/s1. The summed E-state index contributed by atoms with van der Waals surface area (Å²) in [6, 6.07) is 0.0370. The van der Waals surface area contributed by atoms with Crippen molar-refractivity contribution in [2.24, 2.45) is 11.7 Å². The number of aliphatic hydroxyl groups is 1. The highest BCUT2D eigenvalue weighted by Crippen LogP contribution is 2.32. The minimum absolute atomic E-state index is 0.0370. The van der Waals surface area contributed by atoms with Crippen LogP contribution >= 0.6 is 0 Å². The molecule has 2 nitrogen and oxygen atoms in total. The lowest BCUT2D eigenvalue weighted by molar-refractivity contribution is 0.154. The summed E-state index contributed by atoms with van der Waals surface area (Å²) in [6.07, 6.45) is 2.11. The van der Waals surface area contributed by atoms with Gasteiger partial charge in [-0.3, -0.25) is 0 Å². The minimum atomic E-state index is -0.317. The molecule has 0 saturated heterocycles. The summed E-state index contributed by atoms with van der Waals surface area (Å²) in [4.78, 5) is 0. The van der Waals surface area contributed by atoms with Gasteiger partial charge in [-0.15, -0.1) is 0 Å². The summed E-state index contributed by atoms with van der Waals surface area (Å²) < 4.78 is 0. The van der Waals surface area contributed by atoms with Crippen molar-refractivity contribution in [1.29, 1.82) is 0 Å². The Kier molecular flexibility index (Phi) is 1.54. The first kappa shape index (κ1) is 6.05. The molecule has 0 bridgehead atoms. The first-order valence-electron chi connectivity index (χ1n) is 3.15. The molecule has 1 rings (SSSR count). The second-order valence-electron chi connectivity index (χ2n) is 2.66. The zero-order valence-electron chi connectivity index (χ0n) is 5.17. The first-order valence-corrected chi connectivity index (χ1v) is 3.15. The second kappa shape index (κ2) is 2.03. The molecule has 2 heteroatoms. The summed E-state index contributed by atoms with van der Waals surface area (Å²) in [6.45, 7) is 1.75. The smallest absolute Gasteiger partial charge is 0.0665 e. The maximum absolute atomic E-state index is 8.91. The SMILES string of the molecule is C[C@@H](O)[C@H](N)C1CC1. The molecule has 0 aromatic rings. The van der Waals surface area contributed by atoms with Crippen molar-refractivity contribution in [3.05, 3.63) is 0 Å². The Balaban J connectivity index is 2.22. The van der Waals surface area contributed by atoms with Gasteiger partial charge in [-0.05, 0) is 25.7 Å². The van der Waals surface area contributed by atoms with E-state index in [0.29, 0.717) is 5.92 Å². The molecule has 0 amide bonds. The number of aliphatic hydroxyl groups excluding tert-OH is 1. The van der Waals surface area contributed by atoms with Crippen LogP contribution in [0.3, 0.4) is 0 Å². The number of hydrogen-bond acceptors (Lipinski definition) is 2. The van der Waals surface area contributed by atoms with Crippen molar-refractivity contribution in [2.75, 3.05) is 0 Å². The van der Waals surface area contributed by atoms with E-state index in [1.807, 2.05) is 0 Å². The molecule has 0 radical (unpaired) electrons. The van der Waals surface area contributed by atoms with Crippen LogP contribution in [0, 0.1) is 5.92 Å². The summed E-state index contributed by atoms with van der Waals surface area (Å²) in [5, 5.41) is 8.91. The van der Waals surface area contributed by atoms with Gasteiger partial charge in [0.2, 0.25) is 0 Å². The van der Waals surface area contributed by atoms with Crippen molar-refractivity contribution in [1.82, 2.24) is 0 Å². The molecule has 1 aliphatic rings. The zero-order chi connectivity index (χ0) is 6.15. The number of nitrogens with two attached hydrogens (primary N) is 1. The largest absolute Gasteiger partial charge is 0.392 e. The monoisotopic (exact) mass is 115 g/mol. The molecule has 0 aromatic carbocycles. The quantitative estimate of drug-likeness (QED) is 0.536. The molecule has 1 fully saturated rings. The second-order valence-corrected chi connectivity index (χ2v) is 2.66. The van der Waals surface area contributed by atoms with E-state index in [2.05, 4.69) is 0 Å². The molecule has 2 atom stereocenters. The highest BCUT2D eigenvalue weighted by Gasteiger charge is 2.30. The summed E-state index contributed by atoms with van der Waals surface area (Å²) in [5.74, 6) is 0.620. The van der Waals surface area contributed by atoms with E-state index in [1.54, 1.807) is 6.92 Å². The lowest BCUT2D eigenvalue weighted by Crippen LogP contribution is -2.34. The van der Waals surface area contributed by atoms with Crippen LogP contribution in [0.25, 0.3) is 0 Å². The van der Waals surface area contributed by atoms with Gasteiger partial charge in [0.1, 0.15) is 0 Å². The van der Waals surface area contributed by atoms with Crippen molar-refractivity contribution in [3.63, 3.8) is 0 Å². The van der Waals surface area contributed by atoms with Gasteiger partial charge < -0.3 is 10.8 Å². The number of rotatable bonds is 2. The van der Waals surface area contributed by atoms with E-state index >= 15 is 0 Å². The Labute approximate surface area is 49.7 Å². The average molecular weight is 115 g/mol. The maximum atomic E-state index is 8.91. The molecule has 0 aromatic heterocycles. The Morgan fingerprint density at radius 2 is 2.12 bits per heavy atom. The van der Waals surface area contributed by atoms with E-state index in [4.69, 9.17) is 10.8 Å². The van der Waals surface area contributed by atoms with Crippen molar-refractivity contribution >= 4 is 0 Å². The third kappa shape index (κ3) is 1.20. The normalized spacial score (nSPS) is 27.4. The van der Waals surface area contributed by atoms with Gasteiger partial charge in [0.15, 0.2) is 0 Å². The van der Waals surface area contributed by atoms with E-state index in [-0.39, 0.29) is 12.1 Å². The Bertz CT molecular complexity index is 76.6. The van der Waals surface area contributed by atoms with Crippen LogP contribution < -0.4 is 5.73 Å². The summed E-state index contributed by atoms with van der Waals surface area (Å²) in [7, 11) is 0. The van der Waals surface area contributed by atoms with Gasteiger partial charge in [-0.25, -0.2) is 0 Å². The molecule has 8 heavy (non-hydrogen) atoms. The molecule has 0 aliphatic heterocycles. The molecule has 1 aliphatic carbocycles. The Hall–Kier alpha value is -0.0800. The highest BCUT2D eigenvalue weighted by atomic mass is 16.3. The lowest BCUT2D eigenvalue weighted by Gasteiger charge is -2.11. The maximum Gasteiger partial charge on any atom is 0.0665 e. The van der Waals surface area contributed by atoms with Gasteiger partial charge in [0, 0.05) is 6.04 Å². The third-order valence-electron chi connectivity index (χ3n) is 1.72. The molecule has 3 N–H and O–H groups in total. The molecule has 48 valence electrons. The predicted molar refractivity (Wildman–Crippen MR) is 32.4 cm³/mol. The van der Waals surface area contributed by atoms with Crippen molar-refractivity contribution in [3.8, 4) is 0 Å². The van der Waals surface area contributed by atoms with Gasteiger partial charge in [0.25, 0.3) is 0 Å². The summed E-state index contributed by atoms with van der Waals surface area (Å²) in [5.41, 5.74) is 5.57. The highest BCUT2D eigenvalue weighted by molar-refractivity contribution is 4.86. The van der Waals surface area contributed by atoms with Crippen LogP contribution in [0.1, 0.15) is 19.8 Å². The number of hydrogen-bond donors (Lipinski definition) is 2. The average Bonchev–Trinajstić information content (AvgIpc) is 2.43. The van der Waals surface area contributed by atoms with E-state index in [1.165, 1.54) is 12.8 Å². The van der Waals surface area contributed by atoms with Crippen LogP contribution in [0.2, 0.25) is 0 Å². The van der Waals surface area contributed by atoms with Gasteiger partial charge in [-0.2, -0.15) is 0 Å². The Morgan fingerprint density at radius 3 is 2.25 bits per heavy atom. The minimum Gasteiger partial charge on any atom is -0.392 e.